The van der Waals surface area contributed by atoms with Gasteiger partial charge in [0.15, 0.2) is 9.84 Å². The molecule has 1 N–H and O–H groups in total. The number of nitrogens with one attached hydrogen (secondary N) is 1. The van der Waals surface area contributed by atoms with Crippen LogP contribution in [0.3, 0.4) is 0 Å². The first-order valence-corrected chi connectivity index (χ1v) is 12.1. The van der Waals surface area contributed by atoms with Crippen LogP contribution in [0.5, 0.6) is 5.75 Å². The molecule has 31 heavy (non-hydrogen) atoms. The van der Waals surface area contributed by atoms with Crippen LogP contribution in [0.1, 0.15) is 12.8 Å². The van der Waals surface area contributed by atoms with E-state index in [2.05, 4.69) is 20.4 Å². The van der Waals surface area contributed by atoms with Gasteiger partial charge in [0.1, 0.15) is 5.75 Å². The molecule has 0 saturated carbocycles. The van der Waals surface area contributed by atoms with Gasteiger partial charge in [0, 0.05) is 26.4 Å². The molecule has 0 radical (unpaired) electrons. The Hall–Kier alpha value is -3.07. The fourth-order valence-corrected chi connectivity index (χ4v) is 4.23. The van der Waals surface area contributed by atoms with Crippen molar-refractivity contribution in [2.75, 3.05) is 43.2 Å². The molecule has 1 fully saturated rings. The number of nitrogens with zero attached hydrogens (tertiary/aromatic N) is 3. The van der Waals surface area contributed by atoms with Crippen LogP contribution in [-0.2, 0) is 9.84 Å². The van der Waals surface area contributed by atoms with E-state index in [1.807, 2.05) is 36.4 Å². The van der Waals surface area contributed by atoms with E-state index in [4.69, 9.17) is 9.26 Å². The molecule has 8 nitrogen and oxygen atoms in total. The molecule has 0 unspecified atom stereocenters. The molecule has 0 spiro atoms. The van der Waals surface area contributed by atoms with Crippen LogP contribution < -0.4 is 15.0 Å². The number of sulfone groups is 1. The largest absolute Gasteiger partial charge is 0.493 e. The predicted octanol–water partition coefficient (Wildman–Crippen LogP) is 3.48. The third-order valence-electron chi connectivity index (χ3n) is 5.48. The molecule has 1 aliphatic heterocycles. The highest BCUT2D eigenvalue weighted by molar-refractivity contribution is 7.90. The van der Waals surface area contributed by atoms with Gasteiger partial charge in [-0.15, -0.1) is 0 Å². The minimum atomic E-state index is -3.18. The highest BCUT2D eigenvalue weighted by Crippen LogP contribution is 2.26. The van der Waals surface area contributed by atoms with Gasteiger partial charge in [-0.05, 0) is 59.3 Å². The zero-order valence-electron chi connectivity index (χ0n) is 17.6. The molecule has 1 saturated heterocycles. The first-order chi connectivity index (χ1) is 14.9. The number of ether oxygens (including phenoxy) is 1. The molecule has 0 aliphatic carbocycles. The molecule has 2 aromatic carbocycles. The number of hydrogen-bond donors (Lipinski definition) is 1. The van der Waals surface area contributed by atoms with Crippen LogP contribution in [-0.4, -0.2) is 51.6 Å². The molecule has 0 amide bonds. The fraction of sp³-hybridized carbons (Fsp3) is 0.364. The third kappa shape index (κ3) is 5.16. The number of rotatable bonds is 7. The molecule has 0 bridgehead atoms. The van der Waals surface area contributed by atoms with E-state index in [-0.39, 0.29) is 0 Å². The van der Waals surface area contributed by atoms with Crippen LogP contribution in [0.15, 0.2) is 57.9 Å². The minimum absolute atomic E-state index is 0.323. The Morgan fingerprint density at radius 1 is 1.06 bits per heavy atom. The molecule has 1 aliphatic rings. The topological polar surface area (TPSA) is 97.6 Å². The average Bonchev–Trinajstić information content (AvgIpc) is 3.27. The van der Waals surface area contributed by atoms with Gasteiger partial charge in [-0.1, -0.05) is 24.3 Å². The van der Waals surface area contributed by atoms with E-state index >= 15 is 0 Å². The summed E-state index contributed by atoms with van der Waals surface area (Å²) >= 11 is 0. The number of benzene rings is 2. The van der Waals surface area contributed by atoms with Crippen molar-refractivity contribution in [1.29, 1.82) is 0 Å². The fourth-order valence-electron chi connectivity index (χ4n) is 3.60. The number of anilines is 2. The second-order valence-corrected chi connectivity index (χ2v) is 9.73. The zero-order valence-corrected chi connectivity index (χ0v) is 18.4. The minimum Gasteiger partial charge on any atom is -0.493 e. The van der Waals surface area contributed by atoms with E-state index in [0.717, 1.165) is 42.8 Å². The molecule has 2 heterocycles. The monoisotopic (exact) mass is 442 g/mol. The maximum absolute atomic E-state index is 11.6. The van der Waals surface area contributed by atoms with E-state index in [0.29, 0.717) is 29.4 Å². The number of piperidine rings is 1. The van der Waals surface area contributed by atoms with Crippen molar-refractivity contribution in [2.45, 2.75) is 17.7 Å². The predicted molar refractivity (Wildman–Crippen MR) is 119 cm³/mol. The summed E-state index contributed by atoms with van der Waals surface area (Å²) in [5, 5.41) is 6.84. The van der Waals surface area contributed by atoms with Crippen molar-refractivity contribution >= 4 is 21.8 Å². The quantitative estimate of drug-likeness (QED) is 0.594. The number of aromatic nitrogens is 2. The van der Waals surface area contributed by atoms with E-state index < -0.39 is 9.84 Å². The first kappa shape index (κ1) is 21.2. The van der Waals surface area contributed by atoms with Gasteiger partial charge in [0.2, 0.25) is 0 Å². The first-order valence-electron chi connectivity index (χ1n) is 10.2. The van der Waals surface area contributed by atoms with Crippen LogP contribution in [0.25, 0.3) is 11.1 Å². The van der Waals surface area contributed by atoms with Crippen LogP contribution >= 0.6 is 0 Å². The van der Waals surface area contributed by atoms with Crippen molar-refractivity contribution in [3.63, 3.8) is 0 Å². The second kappa shape index (κ2) is 8.97. The standard InChI is InChI=1S/C22H26N4O4S/c1-23-22-24-21(25-30-22)26-13-11-16(12-14-26)15-29-19-7-3-17(4-8-19)18-5-9-20(10-6-18)31(2,27)28/h3-10,16H,11-15H2,1-2H3,(H,23,24,25). The molecular formula is C22H26N4O4S. The molecule has 0 atom stereocenters. The van der Waals surface area contributed by atoms with Crippen LogP contribution in [0, 0.1) is 5.92 Å². The summed E-state index contributed by atoms with van der Waals surface area (Å²) < 4.78 is 34.3. The van der Waals surface area contributed by atoms with Gasteiger partial charge in [0.25, 0.3) is 5.95 Å². The van der Waals surface area contributed by atoms with Gasteiger partial charge >= 0.3 is 6.01 Å². The summed E-state index contributed by atoms with van der Waals surface area (Å²) in [6, 6.07) is 15.2. The Morgan fingerprint density at radius 3 is 2.23 bits per heavy atom. The van der Waals surface area contributed by atoms with Crippen LogP contribution in [0.2, 0.25) is 0 Å². The molecule has 3 aromatic rings. The van der Waals surface area contributed by atoms with Crippen LogP contribution in [0.4, 0.5) is 12.0 Å². The summed E-state index contributed by atoms with van der Waals surface area (Å²) in [6.07, 6.45) is 3.23. The smallest absolute Gasteiger partial charge is 0.322 e. The normalized spacial score (nSPS) is 15.1. The van der Waals surface area contributed by atoms with E-state index in [9.17, 15) is 8.42 Å². The summed E-state index contributed by atoms with van der Waals surface area (Å²) in [4.78, 5) is 6.75. The summed E-state index contributed by atoms with van der Waals surface area (Å²) in [7, 11) is -1.43. The summed E-state index contributed by atoms with van der Waals surface area (Å²) in [6.45, 7) is 2.42. The van der Waals surface area contributed by atoms with E-state index in [1.54, 1.807) is 19.2 Å². The molecule has 4 rings (SSSR count). The lowest BCUT2D eigenvalue weighted by Crippen LogP contribution is -2.36. The van der Waals surface area contributed by atoms with Gasteiger partial charge in [0.05, 0.1) is 11.5 Å². The number of hydrogen-bond acceptors (Lipinski definition) is 8. The maximum Gasteiger partial charge on any atom is 0.322 e. The highest BCUT2D eigenvalue weighted by atomic mass is 32.2. The van der Waals surface area contributed by atoms with E-state index in [1.165, 1.54) is 6.26 Å². The Labute approximate surface area is 182 Å². The van der Waals surface area contributed by atoms with Crippen molar-refractivity contribution < 1.29 is 17.7 Å². The lowest BCUT2D eigenvalue weighted by molar-refractivity contribution is 0.222. The Kier molecular flexibility index (Phi) is 6.13. The average molecular weight is 443 g/mol. The van der Waals surface area contributed by atoms with Gasteiger partial charge in [-0.2, -0.15) is 4.98 Å². The summed E-state index contributed by atoms with van der Waals surface area (Å²) in [5.41, 5.74) is 1.98. The van der Waals surface area contributed by atoms with Crippen molar-refractivity contribution in [2.24, 2.45) is 5.92 Å². The Balaban J connectivity index is 1.28. The molecule has 9 heteroatoms. The van der Waals surface area contributed by atoms with Gasteiger partial charge in [-0.3, -0.25) is 0 Å². The Morgan fingerprint density at radius 2 is 1.68 bits per heavy atom. The Bertz CT molecular complexity index is 1100. The third-order valence-corrected chi connectivity index (χ3v) is 6.61. The van der Waals surface area contributed by atoms with Gasteiger partial charge in [-0.25, -0.2) is 8.42 Å². The lowest BCUT2D eigenvalue weighted by Gasteiger charge is -2.30. The van der Waals surface area contributed by atoms with Crippen molar-refractivity contribution in [1.82, 2.24) is 10.1 Å². The molecule has 1 aromatic heterocycles. The summed E-state index contributed by atoms with van der Waals surface area (Å²) in [5.74, 6) is 1.94. The second-order valence-electron chi connectivity index (χ2n) is 7.71. The molecule has 164 valence electrons. The van der Waals surface area contributed by atoms with Gasteiger partial charge < -0.3 is 19.5 Å². The lowest BCUT2D eigenvalue weighted by atomic mass is 9.98. The highest BCUT2D eigenvalue weighted by Gasteiger charge is 2.23. The van der Waals surface area contributed by atoms with Crippen molar-refractivity contribution in [3.8, 4) is 16.9 Å². The molecular weight excluding hydrogens is 416 g/mol. The zero-order chi connectivity index (χ0) is 21.8. The van der Waals surface area contributed by atoms with Crippen molar-refractivity contribution in [3.05, 3.63) is 48.5 Å². The maximum atomic E-state index is 11.6. The SMILES string of the molecule is CNc1nc(N2CCC(COc3ccc(-c4ccc(S(C)(=O)=O)cc4)cc3)CC2)no1.